The summed E-state index contributed by atoms with van der Waals surface area (Å²) in [6.07, 6.45) is 4.83. The highest BCUT2D eigenvalue weighted by Gasteiger charge is 2.61. The number of thioether (sulfide) groups is 1. The first-order chi connectivity index (χ1) is 12.6. The Morgan fingerprint density at radius 3 is 2.92 bits per heavy atom. The van der Waals surface area contributed by atoms with Gasteiger partial charge in [0.15, 0.2) is 5.17 Å². The average molecular weight is 392 g/mol. The summed E-state index contributed by atoms with van der Waals surface area (Å²) in [4.78, 5) is 11.2. The van der Waals surface area contributed by atoms with Crippen LogP contribution in [0.15, 0.2) is 41.5 Å². The Kier molecular flexibility index (Phi) is 4.57. The molecular formula is C19H19ClFN3OS. The SMILES string of the molecule is COc1ccc(N=C(SC)N2CC3CC3(c3ccc(F)cc3Cl)C2)cn1. The zero-order chi connectivity index (χ0) is 18.3. The van der Waals surface area contributed by atoms with Crippen molar-refractivity contribution in [2.75, 3.05) is 26.5 Å². The van der Waals surface area contributed by atoms with Crippen molar-refractivity contribution in [1.29, 1.82) is 0 Å². The lowest BCUT2D eigenvalue weighted by molar-refractivity contribution is 0.398. The van der Waals surface area contributed by atoms with Crippen molar-refractivity contribution >= 4 is 34.2 Å². The Hall–Kier alpha value is -1.79. The molecule has 0 bridgehead atoms. The Bertz CT molecular complexity index is 860. The van der Waals surface area contributed by atoms with Crippen molar-refractivity contribution in [2.45, 2.75) is 11.8 Å². The van der Waals surface area contributed by atoms with Crippen LogP contribution < -0.4 is 4.74 Å². The second-order valence-electron chi connectivity index (χ2n) is 6.72. The zero-order valence-corrected chi connectivity index (χ0v) is 16.1. The summed E-state index contributed by atoms with van der Waals surface area (Å²) >= 11 is 7.95. The second-order valence-corrected chi connectivity index (χ2v) is 7.90. The second kappa shape index (κ2) is 6.74. The molecule has 136 valence electrons. The number of likely N-dealkylation sites (tertiary alicyclic amines) is 1. The van der Waals surface area contributed by atoms with E-state index in [4.69, 9.17) is 21.3 Å². The number of aromatic nitrogens is 1. The van der Waals surface area contributed by atoms with Gasteiger partial charge in [-0.1, -0.05) is 29.4 Å². The molecule has 2 atom stereocenters. The number of piperidine rings is 1. The van der Waals surface area contributed by atoms with E-state index in [1.807, 2.05) is 18.4 Å². The lowest BCUT2D eigenvalue weighted by Gasteiger charge is -2.24. The van der Waals surface area contributed by atoms with Crippen LogP contribution >= 0.6 is 23.4 Å². The van der Waals surface area contributed by atoms with E-state index in [1.54, 1.807) is 31.1 Å². The molecule has 1 aliphatic heterocycles. The van der Waals surface area contributed by atoms with E-state index in [0.717, 1.165) is 35.9 Å². The molecule has 1 aromatic carbocycles. The third-order valence-electron chi connectivity index (χ3n) is 5.22. The van der Waals surface area contributed by atoms with E-state index in [9.17, 15) is 4.39 Å². The fourth-order valence-corrected chi connectivity index (χ4v) is 4.80. The molecule has 0 spiro atoms. The minimum atomic E-state index is -0.291. The summed E-state index contributed by atoms with van der Waals surface area (Å²) in [5.41, 5.74) is 1.88. The molecule has 7 heteroatoms. The van der Waals surface area contributed by atoms with Crippen LogP contribution in [-0.2, 0) is 5.41 Å². The quantitative estimate of drug-likeness (QED) is 0.570. The molecule has 1 aromatic heterocycles. The number of benzene rings is 1. The van der Waals surface area contributed by atoms with Crippen molar-refractivity contribution in [3.8, 4) is 5.88 Å². The monoisotopic (exact) mass is 391 g/mol. The first-order valence-corrected chi connectivity index (χ1v) is 9.99. The van der Waals surface area contributed by atoms with Gasteiger partial charge in [0, 0.05) is 29.6 Å². The topological polar surface area (TPSA) is 37.7 Å². The molecule has 2 aromatic rings. The third kappa shape index (κ3) is 3.05. The summed E-state index contributed by atoms with van der Waals surface area (Å²) in [5.74, 6) is 0.819. The molecule has 2 fully saturated rings. The van der Waals surface area contributed by atoms with Gasteiger partial charge in [-0.3, -0.25) is 0 Å². The van der Waals surface area contributed by atoms with Gasteiger partial charge in [0.1, 0.15) is 5.82 Å². The summed E-state index contributed by atoms with van der Waals surface area (Å²) in [6, 6.07) is 8.45. The first kappa shape index (κ1) is 17.6. The predicted molar refractivity (Wildman–Crippen MR) is 104 cm³/mol. The molecule has 1 saturated carbocycles. The molecule has 2 aliphatic rings. The predicted octanol–water partition coefficient (Wildman–Crippen LogP) is 4.51. The van der Waals surface area contributed by atoms with E-state index in [-0.39, 0.29) is 11.2 Å². The van der Waals surface area contributed by atoms with Gasteiger partial charge in [0.05, 0.1) is 19.0 Å². The molecule has 4 nitrogen and oxygen atoms in total. The number of rotatable bonds is 3. The number of fused-ring (bicyclic) bond motifs is 1. The molecule has 0 N–H and O–H groups in total. The van der Waals surface area contributed by atoms with E-state index < -0.39 is 0 Å². The van der Waals surface area contributed by atoms with Crippen LogP contribution in [0.4, 0.5) is 10.1 Å². The Labute approximate surface area is 161 Å². The summed E-state index contributed by atoms with van der Waals surface area (Å²) in [6.45, 7) is 1.79. The first-order valence-electron chi connectivity index (χ1n) is 8.39. The maximum absolute atomic E-state index is 13.4. The van der Waals surface area contributed by atoms with Crippen molar-refractivity contribution in [2.24, 2.45) is 10.9 Å². The van der Waals surface area contributed by atoms with Crippen LogP contribution in [-0.4, -0.2) is 41.5 Å². The fourth-order valence-electron chi connectivity index (χ4n) is 3.85. The summed E-state index contributed by atoms with van der Waals surface area (Å²) in [7, 11) is 1.59. The highest BCUT2D eigenvalue weighted by Crippen LogP contribution is 2.60. The number of ether oxygens (including phenoxy) is 1. The molecule has 1 saturated heterocycles. The number of amidine groups is 1. The average Bonchev–Trinajstić information content (AvgIpc) is 3.20. The number of aliphatic imine (C=N–C) groups is 1. The summed E-state index contributed by atoms with van der Waals surface area (Å²) in [5, 5.41) is 1.48. The van der Waals surface area contributed by atoms with Crippen molar-refractivity contribution < 1.29 is 9.13 Å². The number of hydrogen-bond donors (Lipinski definition) is 0. The van der Waals surface area contributed by atoms with Gasteiger partial charge < -0.3 is 9.64 Å². The van der Waals surface area contributed by atoms with Crippen LogP contribution in [0.3, 0.4) is 0 Å². The smallest absolute Gasteiger partial charge is 0.213 e. The number of pyridine rings is 1. The molecule has 1 aliphatic carbocycles. The van der Waals surface area contributed by atoms with Gasteiger partial charge in [-0.15, -0.1) is 0 Å². The zero-order valence-electron chi connectivity index (χ0n) is 14.6. The highest BCUT2D eigenvalue weighted by atomic mass is 35.5. The van der Waals surface area contributed by atoms with E-state index >= 15 is 0 Å². The van der Waals surface area contributed by atoms with Gasteiger partial charge in [-0.05, 0) is 42.4 Å². The standard InChI is InChI=1S/C19H19ClFN3OS/c1-25-17-6-4-14(9-22-17)23-18(26-2)24-10-12-8-19(12,11-24)15-5-3-13(21)7-16(15)20/h3-7,9,12H,8,10-11H2,1-2H3. The van der Waals surface area contributed by atoms with Crippen LogP contribution in [0, 0.1) is 11.7 Å². The minimum Gasteiger partial charge on any atom is -0.481 e. The van der Waals surface area contributed by atoms with Gasteiger partial charge in [-0.2, -0.15) is 0 Å². The Morgan fingerprint density at radius 2 is 2.27 bits per heavy atom. The van der Waals surface area contributed by atoms with Gasteiger partial charge in [0.2, 0.25) is 5.88 Å². The van der Waals surface area contributed by atoms with E-state index in [2.05, 4.69) is 9.88 Å². The highest BCUT2D eigenvalue weighted by molar-refractivity contribution is 8.13. The summed E-state index contributed by atoms with van der Waals surface area (Å²) < 4.78 is 18.5. The Morgan fingerprint density at radius 1 is 1.42 bits per heavy atom. The number of hydrogen-bond acceptors (Lipinski definition) is 4. The number of methoxy groups -OCH3 is 1. The van der Waals surface area contributed by atoms with Crippen molar-refractivity contribution in [3.05, 3.63) is 52.9 Å². The molecule has 2 unspecified atom stereocenters. The molecule has 0 amide bonds. The van der Waals surface area contributed by atoms with Crippen molar-refractivity contribution in [3.63, 3.8) is 0 Å². The lowest BCUT2D eigenvalue weighted by atomic mass is 9.95. The van der Waals surface area contributed by atoms with Gasteiger partial charge in [0.25, 0.3) is 0 Å². The van der Waals surface area contributed by atoms with Crippen LogP contribution in [0.5, 0.6) is 5.88 Å². The lowest BCUT2D eigenvalue weighted by Crippen LogP contribution is -2.30. The van der Waals surface area contributed by atoms with Gasteiger partial charge in [-0.25, -0.2) is 14.4 Å². The molecule has 2 heterocycles. The van der Waals surface area contributed by atoms with Crippen LogP contribution in [0.1, 0.15) is 12.0 Å². The normalized spacial score (nSPS) is 24.5. The van der Waals surface area contributed by atoms with E-state index in [1.165, 1.54) is 12.1 Å². The maximum atomic E-state index is 13.4. The maximum Gasteiger partial charge on any atom is 0.213 e. The van der Waals surface area contributed by atoms with Crippen LogP contribution in [0.25, 0.3) is 0 Å². The fraction of sp³-hybridized carbons (Fsp3) is 0.368. The Balaban J connectivity index is 1.56. The molecule has 4 rings (SSSR count). The van der Waals surface area contributed by atoms with Crippen LogP contribution in [0.2, 0.25) is 5.02 Å². The largest absolute Gasteiger partial charge is 0.481 e. The van der Waals surface area contributed by atoms with E-state index in [0.29, 0.717) is 16.8 Å². The van der Waals surface area contributed by atoms with Gasteiger partial charge >= 0.3 is 0 Å². The molecular weight excluding hydrogens is 373 g/mol. The molecule has 26 heavy (non-hydrogen) atoms. The minimum absolute atomic E-state index is 0.0272. The molecule has 0 radical (unpaired) electrons. The number of nitrogens with zero attached hydrogens (tertiary/aromatic N) is 3. The number of halogens is 2. The third-order valence-corrected chi connectivity index (χ3v) is 6.25. The van der Waals surface area contributed by atoms with Crippen molar-refractivity contribution in [1.82, 2.24) is 9.88 Å².